The summed E-state index contributed by atoms with van der Waals surface area (Å²) in [6.45, 7) is 0. The fraction of sp³-hybridized carbons (Fsp3) is 0.0526. The molecule has 0 bridgehead atoms. The molecular weight excluding hydrogens is 302 g/mol. The van der Waals surface area contributed by atoms with Crippen LogP contribution in [0.4, 0.5) is 8.78 Å². The zero-order valence-electron chi connectivity index (χ0n) is 11.6. The summed E-state index contributed by atoms with van der Waals surface area (Å²) >= 11 is 5.95. The normalized spacial score (nSPS) is 10.9. The van der Waals surface area contributed by atoms with E-state index in [2.05, 4.69) is 0 Å². The SMILES string of the molecule is Fc1ccc(C(c2ccc(F)cc2)c2ccc(Cl)cc2)cc1. The largest absolute Gasteiger partial charge is 0.207 e. The van der Waals surface area contributed by atoms with Gasteiger partial charge in [0.2, 0.25) is 0 Å². The number of benzene rings is 3. The first kappa shape index (κ1) is 14.7. The molecule has 3 heteroatoms. The monoisotopic (exact) mass is 314 g/mol. The molecule has 0 amide bonds. The molecule has 3 rings (SSSR count). The van der Waals surface area contributed by atoms with Gasteiger partial charge >= 0.3 is 0 Å². The van der Waals surface area contributed by atoms with Crippen LogP contribution in [-0.4, -0.2) is 0 Å². The molecule has 0 saturated heterocycles. The van der Waals surface area contributed by atoms with Gasteiger partial charge in [0.1, 0.15) is 11.6 Å². The Morgan fingerprint density at radius 1 is 0.545 bits per heavy atom. The molecule has 3 aromatic rings. The molecule has 0 aliphatic rings. The van der Waals surface area contributed by atoms with E-state index in [-0.39, 0.29) is 17.6 Å². The van der Waals surface area contributed by atoms with E-state index in [1.807, 2.05) is 24.3 Å². The van der Waals surface area contributed by atoms with E-state index in [0.717, 1.165) is 16.7 Å². The Hall–Kier alpha value is -2.19. The van der Waals surface area contributed by atoms with Gasteiger partial charge in [-0.05, 0) is 53.1 Å². The Labute approximate surface area is 133 Å². The van der Waals surface area contributed by atoms with Crippen LogP contribution in [-0.2, 0) is 0 Å². The summed E-state index contributed by atoms with van der Waals surface area (Å²) in [4.78, 5) is 0. The Kier molecular flexibility index (Phi) is 4.21. The fourth-order valence-electron chi connectivity index (χ4n) is 2.54. The summed E-state index contributed by atoms with van der Waals surface area (Å²) in [7, 11) is 0. The lowest BCUT2D eigenvalue weighted by molar-refractivity contribution is 0.626. The average Bonchev–Trinajstić information content (AvgIpc) is 2.53. The highest BCUT2D eigenvalue weighted by Crippen LogP contribution is 2.32. The predicted octanol–water partition coefficient (Wildman–Crippen LogP) is 5.80. The maximum atomic E-state index is 13.2. The zero-order chi connectivity index (χ0) is 15.5. The smallest absolute Gasteiger partial charge is 0.123 e. The Balaban J connectivity index is 2.10. The summed E-state index contributed by atoms with van der Waals surface area (Å²) in [5.41, 5.74) is 2.90. The molecule has 0 radical (unpaired) electrons. The summed E-state index contributed by atoms with van der Waals surface area (Å²) in [6.07, 6.45) is 0. The average molecular weight is 315 g/mol. The van der Waals surface area contributed by atoms with Crippen molar-refractivity contribution in [2.75, 3.05) is 0 Å². The number of rotatable bonds is 3. The standard InChI is InChI=1S/C19H13ClF2/c20-16-7-1-13(2-8-16)19(14-3-9-17(21)10-4-14)15-5-11-18(22)12-6-15/h1-12,19H. The second-order valence-corrected chi connectivity index (χ2v) is 5.52. The summed E-state index contributed by atoms with van der Waals surface area (Å²) in [6, 6.07) is 20.2. The summed E-state index contributed by atoms with van der Waals surface area (Å²) in [5.74, 6) is -0.658. The van der Waals surface area contributed by atoms with Crippen molar-refractivity contribution in [1.29, 1.82) is 0 Å². The molecule has 0 N–H and O–H groups in total. The van der Waals surface area contributed by atoms with Gasteiger partial charge < -0.3 is 0 Å². The molecular formula is C19H13ClF2. The van der Waals surface area contributed by atoms with Crippen LogP contribution in [0.1, 0.15) is 22.6 Å². The number of hydrogen-bond donors (Lipinski definition) is 0. The van der Waals surface area contributed by atoms with Gasteiger partial charge in [-0.1, -0.05) is 48.0 Å². The minimum absolute atomic E-state index is 0.0986. The Bertz CT molecular complexity index is 639. The first-order valence-electron chi connectivity index (χ1n) is 6.90. The maximum absolute atomic E-state index is 13.2. The quantitative estimate of drug-likeness (QED) is 0.536. The third-order valence-electron chi connectivity index (χ3n) is 3.61. The molecule has 0 saturated carbocycles. The Morgan fingerprint density at radius 3 is 1.23 bits per heavy atom. The molecule has 0 unspecified atom stereocenters. The molecule has 0 fully saturated rings. The highest BCUT2D eigenvalue weighted by Gasteiger charge is 2.17. The first-order valence-corrected chi connectivity index (χ1v) is 7.28. The van der Waals surface area contributed by atoms with E-state index in [4.69, 9.17) is 11.6 Å². The van der Waals surface area contributed by atoms with E-state index >= 15 is 0 Å². The Morgan fingerprint density at radius 2 is 0.864 bits per heavy atom. The van der Waals surface area contributed by atoms with E-state index in [0.29, 0.717) is 5.02 Å². The van der Waals surface area contributed by atoms with Crippen molar-refractivity contribution in [1.82, 2.24) is 0 Å². The number of hydrogen-bond acceptors (Lipinski definition) is 0. The van der Waals surface area contributed by atoms with Gasteiger partial charge in [0, 0.05) is 10.9 Å². The van der Waals surface area contributed by atoms with Crippen molar-refractivity contribution < 1.29 is 8.78 Å². The summed E-state index contributed by atoms with van der Waals surface area (Å²) < 4.78 is 26.4. The second kappa shape index (κ2) is 6.29. The van der Waals surface area contributed by atoms with Gasteiger partial charge in [-0.2, -0.15) is 0 Å². The molecule has 0 aliphatic carbocycles. The van der Waals surface area contributed by atoms with Crippen molar-refractivity contribution in [3.05, 3.63) is 106 Å². The molecule has 0 aromatic heterocycles. The lowest BCUT2D eigenvalue weighted by Crippen LogP contribution is -2.03. The first-order chi connectivity index (χ1) is 10.6. The van der Waals surface area contributed by atoms with E-state index < -0.39 is 0 Å². The predicted molar refractivity (Wildman–Crippen MR) is 85.2 cm³/mol. The van der Waals surface area contributed by atoms with Gasteiger partial charge in [-0.3, -0.25) is 0 Å². The molecule has 0 heterocycles. The minimum Gasteiger partial charge on any atom is -0.207 e. The van der Waals surface area contributed by atoms with Gasteiger partial charge in [-0.25, -0.2) is 8.78 Å². The molecule has 0 aliphatic heterocycles. The van der Waals surface area contributed by atoms with E-state index in [9.17, 15) is 8.78 Å². The van der Waals surface area contributed by atoms with Crippen LogP contribution in [0.2, 0.25) is 5.02 Å². The molecule has 110 valence electrons. The topological polar surface area (TPSA) is 0 Å². The third kappa shape index (κ3) is 3.18. The van der Waals surface area contributed by atoms with Crippen molar-refractivity contribution in [3.63, 3.8) is 0 Å². The highest BCUT2D eigenvalue weighted by molar-refractivity contribution is 6.30. The molecule has 0 spiro atoms. The number of halogens is 3. The van der Waals surface area contributed by atoms with E-state index in [1.54, 1.807) is 24.3 Å². The van der Waals surface area contributed by atoms with Crippen LogP contribution >= 0.6 is 11.6 Å². The fourth-order valence-corrected chi connectivity index (χ4v) is 2.67. The third-order valence-corrected chi connectivity index (χ3v) is 3.86. The second-order valence-electron chi connectivity index (χ2n) is 5.09. The van der Waals surface area contributed by atoms with Crippen LogP contribution in [0.3, 0.4) is 0 Å². The molecule has 3 aromatic carbocycles. The highest BCUT2D eigenvalue weighted by atomic mass is 35.5. The van der Waals surface area contributed by atoms with Crippen LogP contribution < -0.4 is 0 Å². The van der Waals surface area contributed by atoms with Gasteiger partial charge in [0.05, 0.1) is 0 Å². The molecule has 0 atom stereocenters. The van der Waals surface area contributed by atoms with Crippen LogP contribution in [0.25, 0.3) is 0 Å². The van der Waals surface area contributed by atoms with Crippen LogP contribution in [0.5, 0.6) is 0 Å². The van der Waals surface area contributed by atoms with Crippen molar-refractivity contribution >= 4 is 11.6 Å². The zero-order valence-corrected chi connectivity index (χ0v) is 12.4. The van der Waals surface area contributed by atoms with Crippen molar-refractivity contribution in [3.8, 4) is 0 Å². The van der Waals surface area contributed by atoms with Crippen LogP contribution in [0, 0.1) is 11.6 Å². The maximum Gasteiger partial charge on any atom is 0.123 e. The van der Waals surface area contributed by atoms with Gasteiger partial charge in [0.25, 0.3) is 0 Å². The van der Waals surface area contributed by atoms with Gasteiger partial charge in [0.15, 0.2) is 0 Å². The lowest BCUT2D eigenvalue weighted by atomic mass is 9.85. The van der Waals surface area contributed by atoms with Crippen molar-refractivity contribution in [2.24, 2.45) is 0 Å². The molecule has 22 heavy (non-hydrogen) atoms. The minimum atomic E-state index is -0.280. The molecule has 0 nitrogen and oxygen atoms in total. The van der Waals surface area contributed by atoms with Crippen molar-refractivity contribution in [2.45, 2.75) is 5.92 Å². The summed E-state index contributed by atoms with van der Waals surface area (Å²) in [5, 5.41) is 0.653. The van der Waals surface area contributed by atoms with Gasteiger partial charge in [-0.15, -0.1) is 0 Å². The van der Waals surface area contributed by atoms with Crippen LogP contribution in [0.15, 0.2) is 72.8 Å². The van der Waals surface area contributed by atoms with E-state index in [1.165, 1.54) is 24.3 Å². The lowest BCUT2D eigenvalue weighted by Gasteiger charge is -2.19.